The van der Waals surface area contributed by atoms with Crippen LogP contribution in [0.1, 0.15) is 29.6 Å². The van der Waals surface area contributed by atoms with Gasteiger partial charge in [-0.25, -0.2) is 4.79 Å². The molecule has 4 amide bonds. The second-order valence-corrected chi connectivity index (χ2v) is 6.65. The van der Waals surface area contributed by atoms with Gasteiger partial charge >= 0.3 is 6.03 Å². The Bertz CT molecular complexity index is 902. The first-order valence-electron chi connectivity index (χ1n) is 8.29. The molecule has 0 radical (unpaired) electrons. The zero-order valence-corrected chi connectivity index (χ0v) is 15.2. The summed E-state index contributed by atoms with van der Waals surface area (Å²) in [6.45, 7) is 6.79. The first kappa shape index (κ1) is 17.7. The van der Waals surface area contributed by atoms with Gasteiger partial charge in [0.15, 0.2) is 5.54 Å². The number of benzene rings is 1. The van der Waals surface area contributed by atoms with Crippen molar-refractivity contribution >= 4 is 23.5 Å². The molecular weight excluding hydrogens is 334 g/mol. The minimum atomic E-state index is -1.31. The number of anilines is 1. The minimum absolute atomic E-state index is 0.339. The number of furan rings is 1. The van der Waals surface area contributed by atoms with E-state index in [0.717, 1.165) is 16.0 Å². The smallest absolute Gasteiger partial charge is 0.325 e. The maximum absolute atomic E-state index is 12.8. The van der Waals surface area contributed by atoms with Crippen LogP contribution in [-0.2, 0) is 15.1 Å². The van der Waals surface area contributed by atoms with Crippen LogP contribution in [0.5, 0.6) is 0 Å². The Balaban J connectivity index is 1.75. The van der Waals surface area contributed by atoms with Crippen LogP contribution in [0, 0.1) is 20.8 Å². The number of amides is 4. The van der Waals surface area contributed by atoms with E-state index in [1.165, 1.54) is 0 Å². The molecule has 1 aromatic carbocycles. The summed E-state index contributed by atoms with van der Waals surface area (Å²) in [6.07, 6.45) is 0. The van der Waals surface area contributed by atoms with Crippen LogP contribution >= 0.6 is 0 Å². The molecule has 3 rings (SSSR count). The number of aryl methyl sites for hydroxylation is 2. The van der Waals surface area contributed by atoms with E-state index in [2.05, 4.69) is 10.6 Å². The van der Waals surface area contributed by atoms with Gasteiger partial charge in [0.1, 0.15) is 18.1 Å². The molecule has 1 atom stereocenters. The summed E-state index contributed by atoms with van der Waals surface area (Å²) in [6, 6.07) is 8.30. The molecule has 0 spiro atoms. The zero-order chi connectivity index (χ0) is 19.1. The minimum Gasteiger partial charge on any atom is -0.463 e. The van der Waals surface area contributed by atoms with Crippen molar-refractivity contribution in [1.29, 1.82) is 0 Å². The fourth-order valence-electron chi connectivity index (χ4n) is 2.93. The monoisotopic (exact) mass is 355 g/mol. The molecule has 7 heteroatoms. The van der Waals surface area contributed by atoms with Crippen LogP contribution in [0.15, 0.2) is 34.7 Å². The summed E-state index contributed by atoms with van der Waals surface area (Å²) in [7, 11) is 0. The maximum atomic E-state index is 12.8. The van der Waals surface area contributed by atoms with E-state index in [9.17, 15) is 14.4 Å². The molecule has 7 nitrogen and oxygen atoms in total. The highest BCUT2D eigenvalue weighted by Gasteiger charge is 2.51. The Labute approximate surface area is 151 Å². The fraction of sp³-hybridized carbons (Fsp3) is 0.316. The van der Waals surface area contributed by atoms with Crippen molar-refractivity contribution in [2.45, 2.75) is 33.2 Å². The summed E-state index contributed by atoms with van der Waals surface area (Å²) in [4.78, 5) is 38.3. The number of carbonyl (C=O) groups is 3. The number of nitrogens with one attached hydrogen (secondary N) is 2. The quantitative estimate of drug-likeness (QED) is 0.825. The van der Waals surface area contributed by atoms with E-state index in [0.29, 0.717) is 17.2 Å². The predicted octanol–water partition coefficient (Wildman–Crippen LogP) is 2.61. The topological polar surface area (TPSA) is 91.7 Å². The summed E-state index contributed by atoms with van der Waals surface area (Å²) in [5.74, 6) is 0.00946. The first-order chi connectivity index (χ1) is 12.2. The largest absolute Gasteiger partial charge is 0.463 e. The van der Waals surface area contributed by atoms with Crippen LogP contribution < -0.4 is 10.6 Å². The lowest BCUT2D eigenvalue weighted by Crippen LogP contribution is -2.41. The third-order valence-corrected chi connectivity index (χ3v) is 4.69. The lowest BCUT2D eigenvalue weighted by atomic mass is 9.99. The number of hydrogen-bond donors (Lipinski definition) is 2. The Hall–Kier alpha value is -3.09. The molecule has 2 aromatic rings. The van der Waals surface area contributed by atoms with E-state index in [1.54, 1.807) is 32.0 Å². The molecule has 0 saturated carbocycles. The van der Waals surface area contributed by atoms with Gasteiger partial charge in [-0.2, -0.15) is 0 Å². The van der Waals surface area contributed by atoms with Gasteiger partial charge in [-0.15, -0.1) is 0 Å². The number of nitrogens with zero attached hydrogens (tertiary/aromatic N) is 1. The molecule has 1 unspecified atom stereocenters. The van der Waals surface area contributed by atoms with Gasteiger partial charge in [-0.1, -0.05) is 12.1 Å². The normalized spacial score (nSPS) is 19.6. The summed E-state index contributed by atoms with van der Waals surface area (Å²) >= 11 is 0. The Morgan fingerprint density at radius 2 is 1.92 bits per heavy atom. The lowest BCUT2D eigenvalue weighted by Gasteiger charge is -2.19. The molecule has 1 aromatic heterocycles. The highest BCUT2D eigenvalue weighted by molar-refractivity contribution is 6.10. The third-order valence-electron chi connectivity index (χ3n) is 4.69. The standard InChI is InChI=1S/C19H21N3O4/c1-11-6-5-7-14(13(11)3)20-16(23)10-22-17(24)19(4,21-18(22)25)15-9-8-12(2)26-15/h5-9H,10H2,1-4H3,(H,20,23)(H,21,25). The van der Waals surface area contributed by atoms with Gasteiger partial charge in [-0.3, -0.25) is 14.5 Å². The van der Waals surface area contributed by atoms with Crippen LogP contribution in [0.3, 0.4) is 0 Å². The Morgan fingerprint density at radius 3 is 2.58 bits per heavy atom. The summed E-state index contributed by atoms with van der Waals surface area (Å²) < 4.78 is 5.50. The van der Waals surface area contributed by atoms with Gasteiger partial charge in [0.05, 0.1) is 0 Å². The van der Waals surface area contributed by atoms with Crippen molar-refractivity contribution in [3.8, 4) is 0 Å². The van der Waals surface area contributed by atoms with E-state index in [4.69, 9.17) is 4.42 Å². The van der Waals surface area contributed by atoms with Crippen molar-refractivity contribution < 1.29 is 18.8 Å². The number of rotatable bonds is 4. The zero-order valence-electron chi connectivity index (χ0n) is 15.2. The summed E-state index contributed by atoms with van der Waals surface area (Å²) in [5.41, 5.74) is 1.32. The van der Waals surface area contributed by atoms with Crippen molar-refractivity contribution in [2.75, 3.05) is 11.9 Å². The molecule has 26 heavy (non-hydrogen) atoms. The van der Waals surface area contributed by atoms with E-state index in [-0.39, 0.29) is 6.54 Å². The van der Waals surface area contributed by atoms with Crippen LogP contribution in [0.2, 0.25) is 0 Å². The molecular formula is C19H21N3O4. The Kier molecular flexibility index (Phi) is 4.31. The molecule has 136 valence electrons. The molecule has 1 fully saturated rings. The molecule has 2 N–H and O–H groups in total. The Morgan fingerprint density at radius 1 is 1.19 bits per heavy atom. The molecule has 1 saturated heterocycles. The molecule has 1 aliphatic heterocycles. The molecule has 0 bridgehead atoms. The lowest BCUT2D eigenvalue weighted by molar-refractivity contribution is -0.134. The van der Waals surface area contributed by atoms with Gasteiger partial charge in [-0.05, 0) is 57.0 Å². The average molecular weight is 355 g/mol. The van der Waals surface area contributed by atoms with Crippen molar-refractivity contribution in [1.82, 2.24) is 10.2 Å². The highest BCUT2D eigenvalue weighted by Crippen LogP contribution is 2.30. The SMILES string of the molecule is Cc1ccc(C2(C)NC(=O)N(CC(=O)Nc3cccc(C)c3C)C2=O)o1. The number of imide groups is 1. The average Bonchev–Trinajstić information content (AvgIpc) is 3.10. The first-order valence-corrected chi connectivity index (χ1v) is 8.29. The molecule has 2 heterocycles. The predicted molar refractivity (Wildman–Crippen MR) is 95.6 cm³/mol. The van der Waals surface area contributed by atoms with E-state index < -0.39 is 23.4 Å². The van der Waals surface area contributed by atoms with Gasteiger partial charge in [0, 0.05) is 5.69 Å². The van der Waals surface area contributed by atoms with Crippen molar-refractivity contribution in [3.63, 3.8) is 0 Å². The second kappa shape index (κ2) is 6.33. The molecule has 1 aliphatic rings. The van der Waals surface area contributed by atoms with Gasteiger partial charge in [0.25, 0.3) is 5.91 Å². The number of urea groups is 1. The molecule has 0 aliphatic carbocycles. The fourth-order valence-corrected chi connectivity index (χ4v) is 2.93. The van der Waals surface area contributed by atoms with Crippen LogP contribution in [-0.4, -0.2) is 29.3 Å². The highest BCUT2D eigenvalue weighted by atomic mass is 16.3. The second-order valence-electron chi connectivity index (χ2n) is 6.65. The van der Waals surface area contributed by atoms with E-state index >= 15 is 0 Å². The third kappa shape index (κ3) is 2.96. The maximum Gasteiger partial charge on any atom is 0.325 e. The van der Waals surface area contributed by atoms with Gasteiger partial charge < -0.3 is 15.1 Å². The summed E-state index contributed by atoms with van der Waals surface area (Å²) in [5, 5.41) is 5.37. The van der Waals surface area contributed by atoms with Crippen molar-refractivity contribution in [2.24, 2.45) is 0 Å². The van der Waals surface area contributed by atoms with Crippen LogP contribution in [0.25, 0.3) is 0 Å². The number of carbonyl (C=O) groups excluding carboxylic acids is 3. The van der Waals surface area contributed by atoms with Gasteiger partial charge in [0.2, 0.25) is 5.91 Å². The van der Waals surface area contributed by atoms with E-state index in [1.807, 2.05) is 26.0 Å². The number of hydrogen-bond acceptors (Lipinski definition) is 4. The van der Waals surface area contributed by atoms with Crippen molar-refractivity contribution in [3.05, 3.63) is 53.0 Å². The van der Waals surface area contributed by atoms with Crippen LogP contribution in [0.4, 0.5) is 10.5 Å².